The minimum Gasteiger partial charge on any atom is -0.228 e. The lowest BCUT2D eigenvalue weighted by atomic mass is 9.92. The highest BCUT2D eigenvalue weighted by molar-refractivity contribution is 7.26. The van der Waals surface area contributed by atoms with E-state index < -0.39 is 0 Å². The van der Waals surface area contributed by atoms with Crippen molar-refractivity contribution in [3.05, 3.63) is 158 Å². The van der Waals surface area contributed by atoms with E-state index in [2.05, 4.69) is 133 Å². The maximum atomic E-state index is 5.20. The van der Waals surface area contributed by atoms with Gasteiger partial charge in [0.15, 0.2) is 5.82 Å². The number of rotatable bonds is 5. The average Bonchev–Trinajstić information content (AvgIpc) is 3.48. The molecule has 0 aliphatic rings. The summed E-state index contributed by atoms with van der Waals surface area (Å²) in [6, 6.07) is 55.5. The summed E-state index contributed by atoms with van der Waals surface area (Å²) in [6.45, 7) is 0. The summed E-state index contributed by atoms with van der Waals surface area (Å²) in [7, 11) is 0. The van der Waals surface area contributed by atoms with Gasteiger partial charge in [0.2, 0.25) is 0 Å². The van der Waals surface area contributed by atoms with Gasteiger partial charge >= 0.3 is 0 Å². The second kappa shape index (κ2) is 10.8. The summed E-state index contributed by atoms with van der Waals surface area (Å²) in [5, 5.41) is 2.58. The number of aromatic nitrogens is 2. The molecule has 6 aromatic carbocycles. The summed E-state index contributed by atoms with van der Waals surface area (Å²) in [5.41, 5.74) is 9.70. The Bertz CT molecular complexity index is 2160. The molecule has 0 bridgehead atoms. The Morgan fingerprint density at radius 3 is 1.77 bits per heavy atom. The van der Waals surface area contributed by atoms with Crippen LogP contribution in [0.25, 0.3) is 76.3 Å². The van der Waals surface area contributed by atoms with E-state index >= 15 is 0 Å². The largest absolute Gasteiger partial charge is 0.228 e. The highest BCUT2D eigenvalue weighted by Crippen LogP contribution is 2.44. The Kier molecular flexibility index (Phi) is 6.36. The first-order valence-electron chi connectivity index (χ1n) is 14.4. The molecule has 0 fully saturated rings. The monoisotopic (exact) mass is 566 g/mol. The van der Waals surface area contributed by atoms with Crippen LogP contribution in [-0.4, -0.2) is 9.97 Å². The minimum absolute atomic E-state index is 0.718. The molecule has 0 unspecified atom stereocenters. The van der Waals surface area contributed by atoms with Gasteiger partial charge < -0.3 is 0 Å². The second-order valence-corrected chi connectivity index (χ2v) is 11.7. The van der Waals surface area contributed by atoms with Crippen LogP contribution in [0.2, 0.25) is 0 Å². The lowest BCUT2D eigenvalue weighted by Gasteiger charge is -2.15. The maximum absolute atomic E-state index is 5.20. The highest BCUT2D eigenvalue weighted by Gasteiger charge is 2.18. The number of fused-ring (bicyclic) bond motifs is 3. The molecule has 2 nitrogen and oxygen atoms in total. The van der Waals surface area contributed by atoms with Crippen LogP contribution in [0.15, 0.2) is 158 Å². The molecule has 0 aliphatic heterocycles. The van der Waals surface area contributed by atoms with Crippen LogP contribution < -0.4 is 0 Å². The summed E-state index contributed by atoms with van der Waals surface area (Å²) >= 11 is 1.86. The van der Waals surface area contributed by atoms with Crippen molar-refractivity contribution in [3.8, 4) is 56.2 Å². The molecule has 8 aromatic rings. The van der Waals surface area contributed by atoms with Gasteiger partial charge in [0.1, 0.15) is 0 Å². The Morgan fingerprint density at radius 2 is 1.00 bits per heavy atom. The molecule has 0 amide bonds. The van der Waals surface area contributed by atoms with Gasteiger partial charge in [-0.15, -0.1) is 11.3 Å². The van der Waals surface area contributed by atoms with Gasteiger partial charge in [0.25, 0.3) is 0 Å². The van der Waals surface area contributed by atoms with Crippen molar-refractivity contribution in [3.63, 3.8) is 0 Å². The molecule has 0 spiro atoms. The summed E-state index contributed by atoms with van der Waals surface area (Å²) < 4.78 is 2.58. The Hall–Kier alpha value is -5.38. The van der Waals surface area contributed by atoms with E-state index in [1.165, 1.54) is 36.9 Å². The van der Waals surface area contributed by atoms with Gasteiger partial charge in [-0.05, 0) is 34.9 Å². The van der Waals surface area contributed by atoms with Gasteiger partial charge in [-0.1, -0.05) is 140 Å². The van der Waals surface area contributed by atoms with Crippen molar-refractivity contribution in [1.82, 2.24) is 9.97 Å². The van der Waals surface area contributed by atoms with E-state index in [0.717, 1.165) is 39.5 Å². The summed E-state index contributed by atoms with van der Waals surface area (Å²) in [5.74, 6) is 0.718. The zero-order valence-electron chi connectivity index (χ0n) is 23.3. The number of hydrogen-bond acceptors (Lipinski definition) is 3. The fourth-order valence-corrected chi connectivity index (χ4v) is 7.05. The predicted molar refractivity (Wildman–Crippen MR) is 182 cm³/mol. The van der Waals surface area contributed by atoms with Gasteiger partial charge in [0, 0.05) is 42.4 Å². The third kappa shape index (κ3) is 4.70. The zero-order chi connectivity index (χ0) is 28.6. The van der Waals surface area contributed by atoms with Crippen LogP contribution in [0.3, 0.4) is 0 Å². The standard InChI is InChI=1S/C40H26N2S/c1-4-13-27(14-5-1)30-23-24-31(35(25-30)34-21-12-20-33-32-19-10-11-22-38(32)43-39(33)34)37-26-36(28-15-6-2-7-16-28)41-40(42-37)29-17-8-3-9-18-29/h1-26H. The fourth-order valence-electron chi connectivity index (χ4n) is 5.82. The van der Waals surface area contributed by atoms with Crippen LogP contribution in [-0.2, 0) is 0 Å². The van der Waals surface area contributed by atoms with Crippen molar-refractivity contribution in [2.24, 2.45) is 0 Å². The molecule has 0 N–H and O–H groups in total. The van der Waals surface area contributed by atoms with Crippen molar-refractivity contribution in [2.45, 2.75) is 0 Å². The van der Waals surface area contributed by atoms with E-state index in [1.807, 2.05) is 35.6 Å². The van der Waals surface area contributed by atoms with Crippen molar-refractivity contribution in [1.29, 1.82) is 0 Å². The molecule has 0 radical (unpaired) electrons. The first kappa shape index (κ1) is 25.3. The Morgan fingerprint density at radius 1 is 0.372 bits per heavy atom. The van der Waals surface area contributed by atoms with Crippen LogP contribution in [0, 0.1) is 0 Å². The van der Waals surface area contributed by atoms with Crippen molar-refractivity contribution in [2.75, 3.05) is 0 Å². The quantitative estimate of drug-likeness (QED) is 0.207. The van der Waals surface area contributed by atoms with E-state index in [0.29, 0.717) is 0 Å². The Labute approximate surface area is 254 Å². The van der Waals surface area contributed by atoms with E-state index in [9.17, 15) is 0 Å². The van der Waals surface area contributed by atoms with Gasteiger partial charge in [-0.3, -0.25) is 0 Å². The first-order chi connectivity index (χ1) is 21.3. The number of nitrogens with zero attached hydrogens (tertiary/aromatic N) is 2. The third-order valence-electron chi connectivity index (χ3n) is 7.92. The molecule has 202 valence electrons. The summed E-state index contributed by atoms with van der Waals surface area (Å²) in [4.78, 5) is 10.2. The van der Waals surface area contributed by atoms with Crippen LogP contribution in [0.4, 0.5) is 0 Å². The minimum atomic E-state index is 0.718. The highest BCUT2D eigenvalue weighted by atomic mass is 32.1. The SMILES string of the molecule is c1ccc(-c2ccc(-c3cc(-c4ccccc4)nc(-c4ccccc4)n3)c(-c3cccc4c3sc3ccccc34)c2)cc1. The number of thiophene rings is 1. The normalized spacial score (nSPS) is 11.3. The van der Waals surface area contributed by atoms with Crippen molar-refractivity contribution >= 4 is 31.5 Å². The Balaban J connectivity index is 1.42. The van der Waals surface area contributed by atoms with Crippen molar-refractivity contribution < 1.29 is 0 Å². The van der Waals surface area contributed by atoms with Crippen LogP contribution >= 0.6 is 11.3 Å². The zero-order valence-corrected chi connectivity index (χ0v) is 24.1. The van der Waals surface area contributed by atoms with E-state index in [4.69, 9.17) is 9.97 Å². The van der Waals surface area contributed by atoms with Crippen LogP contribution in [0.5, 0.6) is 0 Å². The van der Waals surface area contributed by atoms with Gasteiger partial charge in [-0.25, -0.2) is 9.97 Å². The lowest BCUT2D eigenvalue weighted by molar-refractivity contribution is 1.18. The third-order valence-corrected chi connectivity index (χ3v) is 9.14. The van der Waals surface area contributed by atoms with Gasteiger partial charge in [0.05, 0.1) is 11.4 Å². The average molecular weight is 567 g/mol. The second-order valence-electron chi connectivity index (χ2n) is 10.6. The molecule has 0 saturated carbocycles. The molecule has 2 aromatic heterocycles. The topological polar surface area (TPSA) is 25.8 Å². The smallest absolute Gasteiger partial charge is 0.160 e. The first-order valence-corrected chi connectivity index (χ1v) is 15.2. The molecule has 2 heterocycles. The molecular weight excluding hydrogens is 541 g/mol. The predicted octanol–water partition coefficient (Wildman–Crippen LogP) is 11.2. The molecule has 0 atom stereocenters. The molecule has 0 aliphatic carbocycles. The molecule has 3 heteroatoms. The summed E-state index contributed by atoms with van der Waals surface area (Å²) in [6.07, 6.45) is 0. The molecule has 43 heavy (non-hydrogen) atoms. The molecule has 0 saturated heterocycles. The molecular formula is C40H26N2S. The van der Waals surface area contributed by atoms with Gasteiger partial charge in [-0.2, -0.15) is 0 Å². The number of benzene rings is 6. The molecule has 8 rings (SSSR count). The fraction of sp³-hybridized carbons (Fsp3) is 0. The van der Waals surface area contributed by atoms with E-state index in [1.54, 1.807) is 0 Å². The van der Waals surface area contributed by atoms with Crippen LogP contribution in [0.1, 0.15) is 0 Å². The maximum Gasteiger partial charge on any atom is 0.160 e. The number of hydrogen-bond donors (Lipinski definition) is 0. The lowest BCUT2D eigenvalue weighted by Crippen LogP contribution is -1.97. The van der Waals surface area contributed by atoms with E-state index in [-0.39, 0.29) is 0 Å².